The van der Waals surface area contributed by atoms with Crippen LogP contribution in [0.5, 0.6) is 17.2 Å². The minimum Gasteiger partial charge on any atom is -0.493 e. The first-order valence-electron chi connectivity index (χ1n) is 14.1. The number of carbonyl (C=O) groups excluding carboxylic acids is 2. The van der Waals surface area contributed by atoms with Gasteiger partial charge in [0.05, 0.1) is 33.1 Å². The topological polar surface area (TPSA) is 118 Å². The number of anilines is 1. The molecule has 41 heavy (non-hydrogen) atoms. The lowest BCUT2D eigenvalue weighted by atomic mass is 9.95. The molecule has 0 aliphatic heterocycles. The maximum atomic E-state index is 13.4. The fourth-order valence-corrected chi connectivity index (χ4v) is 5.17. The summed E-state index contributed by atoms with van der Waals surface area (Å²) in [5.74, 6) is 1.44. The highest BCUT2D eigenvalue weighted by Gasteiger charge is 2.29. The average Bonchev–Trinajstić information content (AvgIpc) is 3.17. The van der Waals surface area contributed by atoms with Crippen LogP contribution in [0.3, 0.4) is 0 Å². The van der Waals surface area contributed by atoms with Gasteiger partial charge >= 0.3 is 0 Å². The Morgan fingerprint density at radius 3 is 2.39 bits per heavy atom. The normalized spacial score (nSPS) is 13.9. The number of amides is 2. The smallest absolute Gasteiger partial charge is 0.220 e. The van der Waals surface area contributed by atoms with Crippen molar-refractivity contribution in [2.24, 2.45) is 0 Å². The SMILES string of the molecule is COc1cc2c(c(OC)c1OC)-c1ccc(NCCCCCC(=O)NCCN(C)C)c(=O)cc1[C@H](NC(C)=O)CC2. The third-order valence-electron chi connectivity index (χ3n) is 7.19. The molecule has 0 radical (unpaired) electrons. The Balaban J connectivity index is 1.83. The molecular formula is C31H44N4O6. The molecule has 10 nitrogen and oxygen atoms in total. The van der Waals surface area contributed by atoms with Gasteiger partial charge in [-0.3, -0.25) is 14.4 Å². The lowest BCUT2D eigenvalue weighted by Crippen LogP contribution is -2.31. The lowest BCUT2D eigenvalue weighted by molar-refractivity contribution is -0.121. The van der Waals surface area contributed by atoms with Crippen molar-refractivity contribution in [2.75, 3.05) is 60.4 Å². The maximum absolute atomic E-state index is 13.4. The van der Waals surface area contributed by atoms with Gasteiger partial charge < -0.3 is 35.1 Å². The molecule has 3 rings (SSSR count). The van der Waals surface area contributed by atoms with E-state index in [1.807, 2.05) is 31.1 Å². The van der Waals surface area contributed by atoms with E-state index in [1.165, 1.54) is 6.92 Å². The van der Waals surface area contributed by atoms with Crippen LogP contribution in [0.25, 0.3) is 11.1 Å². The molecule has 1 aliphatic rings. The van der Waals surface area contributed by atoms with Crippen molar-refractivity contribution < 1.29 is 23.8 Å². The van der Waals surface area contributed by atoms with Gasteiger partial charge in [-0.1, -0.05) is 12.5 Å². The van der Waals surface area contributed by atoms with Crippen LogP contribution in [0.15, 0.2) is 29.1 Å². The second-order valence-corrected chi connectivity index (χ2v) is 10.5. The number of likely N-dealkylation sites (N-methyl/N-ethyl adjacent to an activating group) is 1. The van der Waals surface area contributed by atoms with Crippen molar-refractivity contribution in [3.05, 3.63) is 45.6 Å². The Morgan fingerprint density at radius 1 is 0.976 bits per heavy atom. The van der Waals surface area contributed by atoms with E-state index in [0.29, 0.717) is 55.3 Å². The number of benzene rings is 1. The van der Waals surface area contributed by atoms with E-state index < -0.39 is 0 Å². The Hall–Kier alpha value is -3.79. The Bertz CT molecular complexity index is 1280. The first-order chi connectivity index (χ1) is 19.7. The zero-order valence-electron chi connectivity index (χ0n) is 25.1. The first-order valence-corrected chi connectivity index (χ1v) is 14.1. The molecule has 0 saturated heterocycles. The Labute approximate surface area is 242 Å². The third-order valence-corrected chi connectivity index (χ3v) is 7.19. The minimum atomic E-state index is -0.353. The summed E-state index contributed by atoms with van der Waals surface area (Å²) in [6.07, 6.45) is 4.22. The highest BCUT2D eigenvalue weighted by molar-refractivity contribution is 5.83. The standard InChI is InChI=1S/C31H44N4O6/c1-20(36)34-24-13-11-21-18-27(39-4)30(40-5)31(41-6)29(21)22-12-14-25(26(37)19-23(22)24)32-15-9-7-8-10-28(38)33-16-17-35(2)3/h12,14,18-19,24H,7-11,13,15-17H2,1-6H3,(H,32,37)(H,33,38)(H,34,36)/t24-/m1/s1. The van der Waals surface area contributed by atoms with Crippen LogP contribution in [0, 0.1) is 0 Å². The molecule has 1 aliphatic carbocycles. The first kappa shape index (κ1) is 31.7. The third kappa shape index (κ3) is 8.36. The monoisotopic (exact) mass is 568 g/mol. The summed E-state index contributed by atoms with van der Waals surface area (Å²) in [5.41, 5.74) is 3.63. The summed E-state index contributed by atoms with van der Waals surface area (Å²) in [6.45, 7) is 3.54. The number of hydrogen-bond donors (Lipinski definition) is 3. The fraction of sp³-hybridized carbons (Fsp3) is 0.516. The number of nitrogens with zero attached hydrogens (tertiary/aromatic N) is 1. The van der Waals surface area contributed by atoms with E-state index in [0.717, 1.165) is 48.1 Å². The van der Waals surface area contributed by atoms with Crippen LogP contribution in [-0.2, 0) is 16.0 Å². The number of rotatable bonds is 14. The van der Waals surface area contributed by atoms with E-state index in [4.69, 9.17) is 14.2 Å². The zero-order chi connectivity index (χ0) is 29.9. The van der Waals surface area contributed by atoms with Crippen molar-refractivity contribution in [1.82, 2.24) is 15.5 Å². The number of unbranched alkanes of at least 4 members (excludes halogenated alkanes) is 2. The largest absolute Gasteiger partial charge is 0.493 e. The fourth-order valence-electron chi connectivity index (χ4n) is 5.17. The van der Waals surface area contributed by atoms with Crippen LogP contribution in [0.4, 0.5) is 5.69 Å². The van der Waals surface area contributed by atoms with Gasteiger partial charge in [0.25, 0.3) is 0 Å². The van der Waals surface area contributed by atoms with Gasteiger partial charge in [-0.25, -0.2) is 0 Å². The number of hydrogen-bond acceptors (Lipinski definition) is 8. The number of aryl methyl sites for hydroxylation is 1. The molecular weight excluding hydrogens is 524 g/mol. The molecule has 1 atom stereocenters. The Kier molecular flexibility index (Phi) is 11.8. The van der Waals surface area contributed by atoms with Crippen LogP contribution in [-0.4, -0.2) is 71.8 Å². The predicted octanol–water partition coefficient (Wildman–Crippen LogP) is 3.51. The molecule has 0 heterocycles. The van der Waals surface area contributed by atoms with E-state index >= 15 is 0 Å². The molecule has 224 valence electrons. The van der Waals surface area contributed by atoms with Gasteiger partial charge in [0.1, 0.15) is 0 Å². The van der Waals surface area contributed by atoms with E-state index in [9.17, 15) is 14.4 Å². The molecule has 0 fully saturated rings. The van der Waals surface area contributed by atoms with Crippen molar-refractivity contribution in [3.8, 4) is 28.4 Å². The molecule has 0 aromatic heterocycles. The van der Waals surface area contributed by atoms with E-state index in [-0.39, 0.29) is 23.3 Å². The van der Waals surface area contributed by atoms with Gasteiger partial charge in [-0.2, -0.15) is 0 Å². The van der Waals surface area contributed by atoms with Crippen LogP contribution in [0.2, 0.25) is 0 Å². The molecule has 0 bridgehead atoms. The maximum Gasteiger partial charge on any atom is 0.220 e. The van der Waals surface area contributed by atoms with Crippen molar-refractivity contribution in [3.63, 3.8) is 0 Å². The summed E-state index contributed by atoms with van der Waals surface area (Å²) >= 11 is 0. The number of ether oxygens (including phenoxy) is 3. The minimum absolute atomic E-state index is 0.0666. The molecule has 3 N–H and O–H groups in total. The van der Waals surface area contributed by atoms with Crippen molar-refractivity contribution >= 4 is 17.5 Å². The zero-order valence-corrected chi connectivity index (χ0v) is 25.1. The van der Waals surface area contributed by atoms with Gasteiger partial charge in [-0.15, -0.1) is 0 Å². The van der Waals surface area contributed by atoms with Crippen LogP contribution < -0.4 is 35.6 Å². The molecule has 2 aromatic carbocycles. The van der Waals surface area contributed by atoms with Crippen LogP contribution in [0.1, 0.15) is 56.2 Å². The highest BCUT2D eigenvalue weighted by atomic mass is 16.5. The predicted molar refractivity (Wildman–Crippen MR) is 161 cm³/mol. The van der Waals surface area contributed by atoms with E-state index in [2.05, 4.69) is 16.0 Å². The molecule has 2 aromatic rings. The number of fused-ring (bicyclic) bond motifs is 3. The van der Waals surface area contributed by atoms with Gasteiger partial charge in [0, 0.05) is 38.5 Å². The van der Waals surface area contributed by atoms with Crippen molar-refractivity contribution in [2.45, 2.75) is 51.5 Å². The molecule has 0 saturated carbocycles. The summed E-state index contributed by atoms with van der Waals surface area (Å²) in [7, 11) is 8.67. The molecule has 2 amide bonds. The highest BCUT2D eigenvalue weighted by Crippen LogP contribution is 2.50. The van der Waals surface area contributed by atoms with E-state index in [1.54, 1.807) is 33.5 Å². The van der Waals surface area contributed by atoms with Gasteiger partial charge in [0.15, 0.2) is 11.5 Å². The molecule has 10 heteroatoms. The number of carbonyl (C=O) groups is 2. The average molecular weight is 569 g/mol. The number of nitrogens with one attached hydrogen (secondary N) is 3. The Morgan fingerprint density at radius 2 is 1.73 bits per heavy atom. The molecule has 0 unspecified atom stereocenters. The molecule has 0 spiro atoms. The second-order valence-electron chi connectivity index (χ2n) is 10.5. The summed E-state index contributed by atoms with van der Waals surface area (Å²) in [5, 5.41) is 9.23. The second kappa shape index (κ2) is 15.3. The number of methoxy groups -OCH3 is 3. The summed E-state index contributed by atoms with van der Waals surface area (Å²) in [4.78, 5) is 39.5. The van der Waals surface area contributed by atoms with Crippen LogP contribution >= 0.6 is 0 Å². The van der Waals surface area contributed by atoms with Gasteiger partial charge in [-0.05, 0) is 74.7 Å². The summed E-state index contributed by atoms with van der Waals surface area (Å²) in [6, 6.07) is 6.89. The quantitative estimate of drug-likeness (QED) is 0.297. The summed E-state index contributed by atoms with van der Waals surface area (Å²) < 4.78 is 17.1. The van der Waals surface area contributed by atoms with Crippen molar-refractivity contribution in [1.29, 1.82) is 0 Å². The van der Waals surface area contributed by atoms with Gasteiger partial charge in [0.2, 0.25) is 23.0 Å². The lowest BCUT2D eigenvalue weighted by Gasteiger charge is -2.19.